The van der Waals surface area contributed by atoms with E-state index >= 15 is 0 Å². The van der Waals surface area contributed by atoms with Crippen LogP contribution in [0.4, 0.5) is 0 Å². The lowest BCUT2D eigenvalue weighted by atomic mass is 10.0. The van der Waals surface area contributed by atoms with Gasteiger partial charge in [-0.15, -0.1) is 11.3 Å². The summed E-state index contributed by atoms with van der Waals surface area (Å²) in [6, 6.07) is 5.87. The van der Waals surface area contributed by atoms with E-state index in [1.807, 2.05) is 29.9 Å². The van der Waals surface area contributed by atoms with Crippen LogP contribution in [-0.4, -0.2) is 4.98 Å². The van der Waals surface area contributed by atoms with Gasteiger partial charge in [-0.2, -0.15) is 0 Å². The van der Waals surface area contributed by atoms with Gasteiger partial charge in [0.2, 0.25) is 0 Å². The molecule has 0 radical (unpaired) electrons. The number of hydrogen-bond acceptors (Lipinski definition) is 4. The van der Waals surface area contributed by atoms with Crippen LogP contribution in [0.5, 0.6) is 0 Å². The number of rotatable bonds is 4. The Morgan fingerprint density at radius 2 is 2.35 bits per heavy atom. The molecule has 1 unspecified atom stereocenters. The van der Waals surface area contributed by atoms with E-state index in [2.05, 4.69) is 26.3 Å². The van der Waals surface area contributed by atoms with Gasteiger partial charge in [0.15, 0.2) is 0 Å². The number of benzene rings is 1. The molecule has 1 aromatic heterocycles. The Hall–Kier alpha value is -0.460. The maximum Gasteiger partial charge on any atom is 0.0794 e. The van der Waals surface area contributed by atoms with Crippen molar-refractivity contribution in [2.75, 3.05) is 0 Å². The van der Waals surface area contributed by atoms with Crippen LogP contribution in [0, 0.1) is 0 Å². The smallest absolute Gasteiger partial charge is 0.0794 e. The molecular weight excluding hydrogens is 322 g/mol. The van der Waals surface area contributed by atoms with Gasteiger partial charge in [-0.3, -0.25) is 16.3 Å². The average Bonchev–Trinajstić information content (AvgIpc) is 2.82. The first kappa shape index (κ1) is 13.0. The average molecular weight is 333 g/mol. The summed E-state index contributed by atoms with van der Waals surface area (Å²) >= 11 is 11.0. The second-order valence-corrected chi connectivity index (χ2v) is 5.80. The number of nitrogens with zero attached hydrogens (tertiary/aromatic N) is 1. The van der Waals surface area contributed by atoms with Gasteiger partial charge in [-0.25, -0.2) is 0 Å². The third kappa shape index (κ3) is 3.26. The monoisotopic (exact) mass is 331 g/mol. The Morgan fingerprint density at radius 3 is 2.94 bits per heavy atom. The Labute approximate surface area is 117 Å². The summed E-state index contributed by atoms with van der Waals surface area (Å²) in [6.45, 7) is 0. The molecule has 3 N–H and O–H groups in total. The quantitative estimate of drug-likeness (QED) is 0.667. The maximum absolute atomic E-state index is 5.96. The predicted molar refractivity (Wildman–Crippen MR) is 75.0 cm³/mol. The van der Waals surface area contributed by atoms with E-state index in [4.69, 9.17) is 17.4 Å². The summed E-state index contributed by atoms with van der Waals surface area (Å²) in [5.74, 6) is 5.60. The first-order valence-electron chi connectivity index (χ1n) is 4.99. The van der Waals surface area contributed by atoms with Gasteiger partial charge in [0.1, 0.15) is 0 Å². The Morgan fingerprint density at radius 1 is 1.53 bits per heavy atom. The third-order valence-electron chi connectivity index (χ3n) is 2.44. The molecule has 0 aliphatic rings. The topological polar surface area (TPSA) is 50.9 Å². The standard InChI is InChI=1S/C11H11BrClN3S/c12-9-3-7(1-2-10(9)13)11(16-14)4-8-5-15-6-17-8/h1-3,5-6,11,16H,4,14H2. The Bertz CT molecular complexity index is 489. The van der Waals surface area contributed by atoms with Gasteiger partial charge in [0.25, 0.3) is 0 Å². The number of halogens is 2. The second kappa shape index (κ2) is 5.93. The van der Waals surface area contributed by atoms with Crippen LogP contribution in [0.3, 0.4) is 0 Å². The molecule has 1 heterocycles. The van der Waals surface area contributed by atoms with Crippen molar-refractivity contribution in [3.8, 4) is 0 Å². The van der Waals surface area contributed by atoms with Crippen LogP contribution in [0.2, 0.25) is 5.02 Å². The normalized spacial score (nSPS) is 12.6. The van der Waals surface area contributed by atoms with Crippen LogP contribution in [0.25, 0.3) is 0 Å². The number of thiazole rings is 1. The van der Waals surface area contributed by atoms with Crippen molar-refractivity contribution < 1.29 is 0 Å². The molecule has 0 saturated heterocycles. The molecule has 1 atom stereocenters. The maximum atomic E-state index is 5.96. The van der Waals surface area contributed by atoms with E-state index in [9.17, 15) is 0 Å². The largest absolute Gasteiger partial charge is 0.271 e. The molecule has 6 heteroatoms. The first-order chi connectivity index (χ1) is 8.20. The molecule has 0 spiro atoms. The van der Waals surface area contributed by atoms with Crippen LogP contribution in [-0.2, 0) is 6.42 Å². The van der Waals surface area contributed by atoms with E-state index in [-0.39, 0.29) is 6.04 Å². The van der Waals surface area contributed by atoms with Gasteiger partial charge < -0.3 is 0 Å². The second-order valence-electron chi connectivity index (χ2n) is 3.56. The SMILES string of the molecule is NNC(Cc1cncs1)c1ccc(Cl)c(Br)c1. The van der Waals surface area contributed by atoms with Crippen molar-refractivity contribution in [3.05, 3.63) is 49.8 Å². The highest BCUT2D eigenvalue weighted by atomic mass is 79.9. The highest BCUT2D eigenvalue weighted by Crippen LogP contribution is 2.27. The molecule has 2 aromatic rings. The van der Waals surface area contributed by atoms with Crippen LogP contribution in [0.1, 0.15) is 16.5 Å². The van der Waals surface area contributed by atoms with Crippen molar-refractivity contribution in [1.29, 1.82) is 0 Å². The summed E-state index contributed by atoms with van der Waals surface area (Å²) in [6.07, 6.45) is 2.68. The van der Waals surface area contributed by atoms with Gasteiger partial charge in [0, 0.05) is 22.0 Å². The number of aromatic nitrogens is 1. The minimum atomic E-state index is 0.0593. The molecule has 2 rings (SSSR count). The van der Waals surface area contributed by atoms with Crippen molar-refractivity contribution in [2.24, 2.45) is 5.84 Å². The summed E-state index contributed by atoms with van der Waals surface area (Å²) in [4.78, 5) is 5.25. The zero-order valence-electron chi connectivity index (χ0n) is 8.86. The number of hydrogen-bond donors (Lipinski definition) is 2. The zero-order chi connectivity index (χ0) is 12.3. The molecule has 0 bridgehead atoms. The van der Waals surface area contributed by atoms with Gasteiger partial charge in [0.05, 0.1) is 16.6 Å². The van der Waals surface area contributed by atoms with Gasteiger partial charge in [-0.05, 0) is 33.6 Å². The Kier molecular flexibility index (Phi) is 4.53. The summed E-state index contributed by atoms with van der Waals surface area (Å²) in [7, 11) is 0. The van der Waals surface area contributed by atoms with Crippen molar-refractivity contribution in [2.45, 2.75) is 12.5 Å². The Balaban J connectivity index is 2.20. The molecule has 17 heavy (non-hydrogen) atoms. The van der Waals surface area contributed by atoms with Gasteiger partial charge >= 0.3 is 0 Å². The minimum Gasteiger partial charge on any atom is -0.271 e. The van der Waals surface area contributed by atoms with E-state index in [1.54, 1.807) is 11.3 Å². The van der Waals surface area contributed by atoms with Crippen LogP contribution < -0.4 is 11.3 Å². The third-order valence-corrected chi connectivity index (χ3v) is 4.45. The molecule has 0 fully saturated rings. The highest BCUT2D eigenvalue weighted by Gasteiger charge is 2.12. The molecule has 0 aliphatic heterocycles. The molecular formula is C11H11BrClN3S. The fraction of sp³-hybridized carbons (Fsp3) is 0.182. The molecule has 0 saturated carbocycles. The van der Waals surface area contributed by atoms with Crippen LogP contribution >= 0.6 is 38.9 Å². The highest BCUT2D eigenvalue weighted by molar-refractivity contribution is 9.10. The van der Waals surface area contributed by atoms with Crippen molar-refractivity contribution >= 4 is 38.9 Å². The lowest BCUT2D eigenvalue weighted by Gasteiger charge is -2.15. The summed E-state index contributed by atoms with van der Waals surface area (Å²) in [5.41, 5.74) is 5.73. The fourth-order valence-electron chi connectivity index (χ4n) is 1.55. The van der Waals surface area contributed by atoms with E-state index in [0.29, 0.717) is 5.02 Å². The molecule has 0 aliphatic carbocycles. The fourth-order valence-corrected chi connectivity index (χ4v) is 2.70. The molecule has 3 nitrogen and oxygen atoms in total. The van der Waals surface area contributed by atoms with Crippen LogP contribution in [0.15, 0.2) is 34.4 Å². The van der Waals surface area contributed by atoms with Gasteiger partial charge in [-0.1, -0.05) is 17.7 Å². The number of hydrazine groups is 1. The lowest BCUT2D eigenvalue weighted by molar-refractivity contribution is 0.555. The summed E-state index contributed by atoms with van der Waals surface area (Å²) < 4.78 is 0.876. The van der Waals surface area contributed by atoms with E-state index in [0.717, 1.165) is 16.5 Å². The predicted octanol–water partition coefficient (Wildman–Crippen LogP) is 3.31. The van der Waals surface area contributed by atoms with Crippen molar-refractivity contribution in [1.82, 2.24) is 10.4 Å². The summed E-state index contributed by atoms with van der Waals surface area (Å²) in [5, 5.41) is 0.697. The molecule has 0 amide bonds. The minimum absolute atomic E-state index is 0.0593. The lowest BCUT2D eigenvalue weighted by Crippen LogP contribution is -2.29. The number of nitrogens with one attached hydrogen (secondary N) is 1. The first-order valence-corrected chi connectivity index (χ1v) is 7.04. The van der Waals surface area contributed by atoms with Crippen molar-refractivity contribution in [3.63, 3.8) is 0 Å². The van der Waals surface area contributed by atoms with E-state index in [1.165, 1.54) is 4.88 Å². The number of nitrogens with two attached hydrogens (primary N) is 1. The van der Waals surface area contributed by atoms with E-state index < -0.39 is 0 Å². The molecule has 1 aromatic carbocycles. The zero-order valence-corrected chi connectivity index (χ0v) is 12.0. The molecule has 90 valence electrons.